The van der Waals surface area contributed by atoms with Crippen LogP contribution < -0.4 is 14.8 Å². The zero-order valence-corrected chi connectivity index (χ0v) is 16.4. The predicted molar refractivity (Wildman–Crippen MR) is 106 cm³/mol. The fourth-order valence-electron chi connectivity index (χ4n) is 3.49. The molecule has 0 aromatic heterocycles. The van der Waals surface area contributed by atoms with Gasteiger partial charge in [-0.25, -0.2) is 4.39 Å². The van der Waals surface area contributed by atoms with Crippen LogP contribution in [0, 0.1) is 11.7 Å². The highest BCUT2D eigenvalue weighted by Crippen LogP contribution is 2.34. The summed E-state index contributed by atoms with van der Waals surface area (Å²) in [5, 5.41) is 7.04. The molecule has 152 valence electrons. The third kappa shape index (κ3) is 4.18. The first-order chi connectivity index (χ1) is 14.0. The largest absolute Gasteiger partial charge is 0.486 e. The van der Waals surface area contributed by atoms with E-state index in [2.05, 4.69) is 10.5 Å². The summed E-state index contributed by atoms with van der Waals surface area (Å²) in [6.07, 6.45) is -0.451. The van der Waals surface area contributed by atoms with Gasteiger partial charge in [-0.15, -0.1) is 0 Å². The number of hydrogen-bond acceptors (Lipinski definition) is 5. The minimum Gasteiger partial charge on any atom is -0.486 e. The zero-order valence-electron chi connectivity index (χ0n) is 16.4. The lowest BCUT2D eigenvalue weighted by Crippen LogP contribution is -2.39. The van der Waals surface area contributed by atoms with Gasteiger partial charge in [-0.05, 0) is 35.7 Å². The van der Waals surface area contributed by atoms with Gasteiger partial charge in [-0.2, -0.15) is 0 Å². The summed E-state index contributed by atoms with van der Waals surface area (Å²) >= 11 is 0. The quantitative estimate of drug-likeness (QED) is 0.836. The first-order valence-corrected chi connectivity index (χ1v) is 9.70. The molecule has 0 saturated carbocycles. The molecule has 2 aromatic carbocycles. The van der Waals surface area contributed by atoms with Crippen LogP contribution in [0.4, 0.5) is 4.39 Å². The number of amides is 1. The van der Waals surface area contributed by atoms with Crippen molar-refractivity contribution in [2.24, 2.45) is 11.1 Å². The van der Waals surface area contributed by atoms with Gasteiger partial charge >= 0.3 is 0 Å². The number of ether oxygens (including phenoxy) is 2. The highest BCUT2D eigenvalue weighted by atomic mass is 19.1. The molecule has 0 spiro atoms. The number of rotatable bonds is 5. The van der Waals surface area contributed by atoms with Crippen LogP contribution in [-0.4, -0.2) is 30.9 Å². The number of oxime groups is 1. The van der Waals surface area contributed by atoms with Crippen LogP contribution in [0.1, 0.15) is 37.4 Å². The average Bonchev–Trinajstić information content (AvgIpc) is 3.22. The first kappa shape index (κ1) is 19.2. The van der Waals surface area contributed by atoms with Gasteiger partial charge in [0.1, 0.15) is 19.0 Å². The van der Waals surface area contributed by atoms with Gasteiger partial charge in [0.2, 0.25) is 6.10 Å². The van der Waals surface area contributed by atoms with Gasteiger partial charge in [0.15, 0.2) is 11.5 Å². The smallest absolute Gasteiger partial charge is 0.264 e. The summed E-state index contributed by atoms with van der Waals surface area (Å²) in [7, 11) is 0. The number of benzene rings is 2. The summed E-state index contributed by atoms with van der Waals surface area (Å²) in [5.41, 5.74) is 2.11. The first-order valence-electron chi connectivity index (χ1n) is 9.70. The van der Waals surface area contributed by atoms with Crippen LogP contribution in [0.15, 0.2) is 47.6 Å². The Morgan fingerprint density at radius 2 is 1.93 bits per heavy atom. The van der Waals surface area contributed by atoms with Crippen molar-refractivity contribution in [3.05, 3.63) is 59.4 Å². The SMILES string of the molecule is CC(C)C(NC(=O)C1CC(c2cccc(F)c2)=NO1)c1ccc2c(c1)OCCO2. The molecular formula is C22H23FN2O4. The summed E-state index contributed by atoms with van der Waals surface area (Å²) in [6.45, 7) is 5.10. The Kier molecular flexibility index (Phi) is 5.38. The van der Waals surface area contributed by atoms with Crippen molar-refractivity contribution in [2.45, 2.75) is 32.4 Å². The van der Waals surface area contributed by atoms with E-state index >= 15 is 0 Å². The Morgan fingerprint density at radius 1 is 1.14 bits per heavy atom. The lowest BCUT2D eigenvalue weighted by atomic mass is 9.95. The number of nitrogens with one attached hydrogen (secondary N) is 1. The molecule has 2 aromatic rings. The third-order valence-corrected chi connectivity index (χ3v) is 5.01. The van der Waals surface area contributed by atoms with E-state index in [1.165, 1.54) is 12.1 Å². The van der Waals surface area contributed by atoms with Crippen molar-refractivity contribution in [2.75, 3.05) is 13.2 Å². The number of fused-ring (bicyclic) bond motifs is 1. The summed E-state index contributed by atoms with van der Waals surface area (Å²) in [5.74, 6) is 0.931. The second-order valence-corrected chi connectivity index (χ2v) is 7.48. The molecule has 0 radical (unpaired) electrons. The number of hydrogen-bond donors (Lipinski definition) is 1. The number of nitrogens with zero attached hydrogens (tertiary/aromatic N) is 1. The minimum absolute atomic E-state index is 0.145. The third-order valence-electron chi connectivity index (χ3n) is 5.01. The Morgan fingerprint density at radius 3 is 2.69 bits per heavy atom. The maximum absolute atomic E-state index is 13.5. The highest BCUT2D eigenvalue weighted by molar-refractivity contribution is 6.04. The Labute approximate surface area is 168 Å². The van der Waals surface area contributed by atoms with Crippen molar-refractivity contribution in [1.29, 1.82) is 0 Å². The van der Waals surface area contributed by atoms with Gasteiger partial charge < -0.3 is 19.6 Å². The maximum atomic E-state index is 13.5. The fourth-order valence-corrected chi connectivity index (χ4v) is 3.49. The monoisotopic (exact) mass is 398 g/mol. The van der Waals surface area contributed by atoms with Crippen LogP contribution in [-0.2, 0) is 9.63 Å². The van der Waals surface area contributed by atoms with Crippen LogP contribution >= 0.6 is 0 Å². The van der Waals surface area contributed by atoms with Crippen molar-refractivity contribution in [1.82, 2.24) is 5.32 Å². The van der Waals surface area contributed by atoms with Crippen LogP contribution in [0.3, 0.4) is 0 Å². The average molecular weight is 398 g/mol. The van der Waals surface area contributed by atoms with E-state index in [1.807, 2.05) is 32.0 Å². The molecule has 0 fully saturated rings. The summed E-state index contributed by atoms with van der Waals surface area (Å²) < 4.78 is 24.7. The Bertz CT molecular complexity index is 944. The van der Waals surface area contributed by atoms with Crippen molar-refractivity contribution in [3.8, 4) is 11.5 Å². The van der Waals surface area contributed by atoms with Gasteiger partial charge in [0.05, 0.1) is 11.8 Å². The molecule has 6 nitrogen and oxygen atoms in total. The Balaban J connectivity index is 1.45. The van der Waals surface area contributed by atoms with Crippen LogP contribution in [0.5, 0.6) is 11.5 Å². The molecule has 1 amide bonds. The zero-order chi connectivity index (χ0) is 20.4. The molecule has 29 heavy (non-hydrogen) atoms. The maximum Gasteiger partial charge on any atom is 0.264 e. The molecule has 2 atom stereocenters. The van der Waals surface area contributed by atoms with Gasteiger partial charge in [0.25, 0.3) is 5.91 Å². The molecule has 2 heterocycles. The van der Waals surface area contributed by atoms with E-state index < -0.39 is 6.10 Å². The standard InChI is InChI=1S/C22H23FN2O4/c1-13(2)21(15-6-7-18-19(11-15)28-9-8-27-18)24-22(26)20-12-17(25-29-20)14-4-3-5-16(23)10-14/h3-7,10-11,13,20-21H,8-9,12H2,1-2H3,(H,24,26). The second-order valence-electron chi connectivity index (χ2n) is 7.48. The lowest BCUT2D eigenvalue weighted by molar-refractivity contribution is -0.132. The molecule has 1 N–H and O–H groups in total. The fraction of sp³-hybridized carbons (Fsp3) is 0.364. The van der Waals surface area contributed by atoms with Crippen molar-refractivity contribution < 1.29 is 23.5 Å². The molecular weight excluding hydrogens is 375 g/mol. The van der Waals surface area contributed by atoms with E-state index in [9.17, 15) is 9.18 Å². The van der Waals surface area contributed by atoms with Gasteiger partial charge in [-0.3, -0.25) is 4.79 Å². The molecule has 2 aliphatic heterocycles. The minimum atomic E-state index is -0.744. The van der Waals surface area contributed by atoms with Crippen LogP contribution in [0.2, 0.25) is 0 Å². The van der Waals surface area contributed by atoms with Crippen LogP contribution in [0.25, 0.3) is 0 Å². The summed E-state index contributed by atoms with van der Waals surface area (Å²) in [6, 6.07) is 11.6. The molecule has 4 rings (SSSR count). The van der Waals surface area contributed by atoms with E-state index in [1.54, 1.807) is 12.1 Å². The van der Waals surface area contributed by atoms with Crippen molar-refractivity contribution in [3.63, 3.8) is 0 Å². The second kappa shape index (κ2) is 8.11. The predicted octanol–water partition coefficient (Wildman–Crippen LogP) is 3.60. The number of carbonyl (C=O) groups is 1. The molecule has 0 aliphatic carbocycles. The lowest BCUT2D eigenvalue weighted by Gasteiger charge is -2.26. The summed E-state index contributed by atoms with van der Waals surface area (Å²) in [4.78, 5) is 18.2. The molecule has 0 bridgehead atoms. The van der Waals surface area contributed by atoms with E-state index in [4.69, 9.17) is 14.3 Å². The van der Waals surface area contributed by atoms with Gasteiger partial charge in [-0.1, -0.05) is 37.2 Å². The Hall–Kier alpha value is -3.09. The van der Waals surface area contributed by atoms with E-state index in [-0.39, 0.29) is 23.7 Å². The molecule has 2 unspecified atom stereocenters. The number of carbonyl (C=O) groups excluding carboxylic acids is 1. The van der Waals surface area contributed by atoms with E-state index in [0.29, 0.717) is 42.4 Å². The highest BCUT2D eigenvalue weighted by Gasteiger charge is 2.31. The normalized spacial score (nSPS) is 18.8. The molecule has 0 saturated heterocycles. The topological polar surface area (TPSA) is 69.2 Å². The number of halogens is 1. The van der Waals surface area contributed by atoms with E-state index in [0.717, 1.165) is 5.56 Å². The molecule has 7 heteroatoms. The van der Waals surface area contributed by atoms with Crippen molar-refractivity contribution >= 4 is 11.6 Å². The molecule has 2 aliphatic rings. The van der Waals surface area contributed by atoms with Gasteiger partial charge in [0, 0.05) is 12.0 Å².